The summed E-state index contributed by atoms with van der Waals surface area (Å²) in [6.45, 7) is 5.71. The van der Waals surface area contributed by atoms with E-state index < -0.39 is 0 Å². The number of rotatable bonds is 9. The quantitative estimate of drug-likeness (QED) is 0.358. The number of hydrogen-bond donors (Lipinski definition) is 0. The van der Waals surface area contributed by atoms with Crippen LogP contribution in [0.3, 0.4) is 0 Å². The molecule has 0 N–H and O–H groups in total. The van der Waals surface area contributed by atoms with E-state index in [0.717, 1.165) is 31.5 Å². The first-order valence-electron chi connectivity index (χ1n) is 9.72. The molecule has 1 aliphatic rings. The molecule has 1 aliphatic carbocycles. The summed E-state index contributed by atoms with van der Waals surface area (Å²) < 4.78 is 5.71. The van der Waals surface area contributed by atoms with E-state index in [4.69, 9.17) is 4.74 Å². The van der Waals surface area contributed by atoms with E-state index in [1.165, 1.54) is 49.7 Å². The van der Waals surface area contributed by atoms with Gasteiger partial charge in [0, 0.05) is 0 Å². The van der Waals surface area contributed by atoms with Crippen molar-refractivity contribution in [3.05, 3.63) is 59.7 Å². The monoisotopic (exact) mass is 326 g/mol. The summed E-state index contributed by atoms with van der Waals surface area (Å²) in [4.78, 5) is 0. The highest BCUT2D eigenvalue weighted by Crippen LogP contribution is 2.37. The highest BCUT2D eigenvalue weighted by atomic mass is 16.5. The van der Waals surface area contributed by atoms with E-state index >= 15 is 0 Å². The largest absolute Gasteiger partial charge is 0.376 e. The van der Waals surface area contributed by atoms with Crippen molar-refractivity contribution in [1.82, 2.24) is 0 Å². The molecular weight excluding hydrogens is 292 g/mol. The van der Waals surface area contributed by atoms with Crippen molar-refractivity contribution in [3.63, 3.8) is 0 Å². The molecule has 0 atom stereocenters. The fraction of sp³-hybridized carbons (Fsp3) is 0.565. The Morgan fingerprint density at radius 1 is 0.917 bits per heavy atom. The minimum Gasteiger partial charge on any atom is -0.376 e. The molecule has 0 bridgehead atoms. The first-order chi connectivity index (χ1) is 11.8. The smallest absolute Gasteiger partial charge is 0.0717 e. The summed E-state index contributed by atoms with van der Waals surface area (Å²) in [6.07, 6.45) is 17.9. The molecule has 132 valence electrons. The molecule has 1 fully saturated rings. The van der Waals surface area contributed by atoms with Crippen molar-refractivity contribution in [2.75, 3.05) is 6.61 Å². The fourth-order valence-corrected chi connectivity index (χ4v) is 3.68. The summed E-state index contributed by atoms with van der Waals surface area (Å²) in [5.41, 5.74) is 2.82. The van der Waals surface area contributed by atoms with Gasteiger partial charge in [-0.1, -0.05) is 48.6 Å². The Balaban J connectivity index is 1.71. The van der Waals surface area contributed by atoms with Crippen LogP contribution in [0.1, 0.15) is 75.8 Å². The van der Waals surface area contributed by atoms with Crippen LogP contribution in [0.15, 0.2) is 48.6 Å². The van der Waals surface area contributed by atoms with E-state index in [-0.39, 0.29) is 0 Å². The van der Waals surface area contributed by atoms with Crippen molar-refractivity contribution in [1.29, 1.82) is 0 Å². The normalized spacial score (nSPS) is 21.8. The zero-order valence-electron chi connectivity index (χ0n) is 15.5. The van der Waals surface area contributed by atoms with E-state index in [1.807, 2.05) is 0 Å². The standard InChI is InChI=1S/C23H34O/c1-3-5-7-9-20-10-14-22(15-11-20)23-16-12-21(13-17-23)19-24-18-8-6-4-2/h3-6,12-13,16-17,20,22H,7-11,14-15,18-19H2,1-2H3/b5-3+,6-4?. The molecule has 2 rings (SSSR count). The van der Waals surface area contributed by atoms with Crippen molar-refractivity contribution >= 4 is 0 Å². The number of allylic oxidation sites excluding steroid dienone is 3. The van der Waals surface area contributed by atoms with Gasteiger partial charge in [0.25, 0.3) is 0 Å². The van der Waals surface area contributed by atoms with Gasteiger partial charge >= 0.3 is 0 Å². The topological polar surface area (TPSA) is 9.23 Å². The lowest BCUT2D eigenvalue weighted by molar-refractivity contribution is 0.125. The minimum absolute atomic E-state index is 0.732. The van der Waals surface area contributed by atoms with Gasteiger partial charge < -0.3 is 4.74 Å². The molecule has 1 aromatic carbocycles. The van der Waals surface area contributed by atoms with Gasteiger partial charge in [-0.15, -0.1) is 0 Å². The van der Waals surface area contributed by atoms with Crippen molar-refractivity contribution < 1.29 is 4.74 Å². The third-order valence-electron chi connectivity index (χ3n) is 5.21. The lowest BCUT2D eigenvalue weighted by atomic mass is 9.77. The van der Waals surface area contributed by atoms with Crippen LogP contribution in [0.25, 0.3) is 0 Å². The second kappa shape index (κ2) is 11.3. The van der Waals surface area contributed by atoms with Crippen molar-refractivity contribution in [3.8, 4) is 0 Å². The van der Waals surface area contributed by atoms with Crippen LogP contribution in [-0.4, -0.2) is 6.61 Å². The van der Waals surface area contributed by atoms with Gasteiger partial charge in [0.2, 0.25) is 0 Å². The van der Waals surface area contributed by atoms with Gasteiger partial charge in [-0.25, -0.2) is 0 Å². The predicted molar refractivity (Wildman–Crippen MR) is 104 cm³/mol. The molecule has 0 radical (unpaired) electrons. The van der Waals surface area contributed by atoms with Gasteiger partial charge in [0.05, 0.1) is 13.2 Å². The molecule has 0 unspecified atom stereocenters. The van der Waals surface area contributed by atoms with Gasteiger partial charge in [0.15, 0.2) is 0 Å². The highest BCUT2D eigenvalue weighted by Gasteiger charge is 2.21. The minimum atomic E-state index is 0.732. The number of benzene rings is 1. The Kier molecular flexibility index (Phi) is 8.91. The highest BCUT2D eigenvalue weighted by molar-refractivity contribution is 5.25. The molecule has 1 aromatic rings. The Bertz CT molecular complexity index is 489. The van der Waals surface area contributed by atoms with E-state index in [2.05, 4.69) is 62.4 Å². The van der Waals surface area contributed by atoms with Gasteiger partial charge in [-0.3, -0.25) is 0 Å². The van der Waals surface area contributed by atoms with Gasteiger partial charge in [-0.2, -0.15) is 0 Å². The molecule has 1 heteroatoms. The summed E-state index contributed by atoms with van der Waals surface area (Å²) in [5.74, 6) is 1.72. The maximum absolute atomic E-state index is 5.71. The molecular formula is C23H34O. The van der Waals surface area contributed by atoms with Crippen molar-refractivity contribution in [2.45, 2.75) is 71.3 Å². The Hall–Kier alpha value is -1.34. The summed E-state index contributed by atoms with van der Waals surface area (Å²) in [6, 6.07) is 9.16. The second-order valence-electron chi connectivity index (χ2n) is 7.02. The molecule has 1 saturated carbocycles. The van der Waals surface area contributed by atoms with Crippen LogP contribution in [0.2, 0.25) is 0 Å². The Morgan fingerprint density at radius 3 is 2.25 bits per heavy atom. The first kappa shape index (κ1) is 19.0. The van der Waals surface area contributed by atoms with Crippen LogP contribution in [0, 0.1) is 5.92 Å². The molecule has 0 aliphatic heterocycles. The van der Waals surface area contributed by atoms with Crippen LogP contribution in [-0.2, 0) is 11.3 Å². The van der Waals surface area contributed by atoms with Crippen LogP contribution in [0.4, 0.5) is 0 Å². The summed E-state index contributed by atoms with van der Waals surface area (Å²) in [7, 11) is 0. The lowest BCUT2D eigenvalue weighted by Gasteiger charge is -2.28. The zero-order chi connectivity index (χ0) is 17.0. The Labute approximate surface area is 148 Å². The molecule has 0 spiro atoms. The van der Waals surface area contributed by atoms with Crippen LogP contribution < -0.4 is 0 Å². The maximum atomic E-state index is 5.71. The SMILES string of the molecule is CC=CCCOCc1ccc(C2CCC(CC/C=C/C)CC2)cc1. The third kappa shape index (κ3) is 6.65. The van der Waals surface area contributed by atoms with Gasteiger partial charge in [-0.05, 0) is 81.8 Å². The van der Waals surface area contributed by atoms with Gasteiger partial charge in [0.1, 0.15) is 0 Å². The number of hydrogen-bond acceptors (Lipinski definition) is 1. The molecule has 1 nitrogen and oxygen atoms in total. The zero-order valence-corrected chi connectivity index (χ0v) is 15.5. The van der Waals surface area contributed by atoms with E-state index in [1.54, 1.807) is 0 Å². The predicted octanol–water partition coefficient (Wildman–Crippen LogP) is 6.80. The van der Waals surface area contributed by atoms with Crippen LogP contribution in [0.5, 0.6) is 0 Å². The maximum Gasteiger partial charge on any atom is 0.0717 e. The molecule has 24 heavy (non-hydrogen) atoms. The van der Waals surface area contributed by atoms with Crippen molar-refractivity contribution in [2.24, 2.45) is 5.92 Å². The average molecular weight is 327 g/mol. The summed E-state index contributed by atoms with van der Waals surface area (Å²) >= 11 is 0. The number of ether oxygens (including phenoxy) is 1. The lowest BCUT2D eigenvalue weighted by Crippen LogP contribution is -2.13. The Morgan fingerprint density at radius 2 is 1.58 bits per heavy atom. The molecule has 0 aromatic heterocycles. The van der Waals surface area contributed by atoms with Crippen LogP contribution >= 0.6 is 0 Å². The average Bonchev–Trinajstić information content (AvgIpc) is 2.63. The summed E-state index contributed by atoms with van der Waals surface area (Å²) in [5, 5.41) is 0. The molecule has 0 heterocycles. The molecule has 0 saturated heterocycles. The van der Waals surface area contributed by atoms with E-state index in [9.17, 15) is 0 Å². The molecule has 0 amide bonds. The third-order valence-corrected chi connectivity index (χ3v) is 5.21. The van der Waals surface area contributed by atoms with E-state index in [0.29, 0.717) is 0 Å². The first-order valence-corrected chi connectivity index (χ1v) is 9.72. The second-order valence-corrected chi connectivity index (χ2v) is 7.02. The fourth-order valence-electron chi connectivity index (χ4n) is 3.68.